The lowest BCUT2D eigenvalue weighted by atomic mass is 9.82. The van der Waals surface area contributed by atoms with E-state index < -0.39 is 5.92 Å². The van der Waals surface area contributed by atoms with Crippen molar-refractivity contribution in [3.63, 3.8) is 0 Å². The number of alkyl halides is 2. The topological polar surface area (TPSA) is 20.9 Å². The molecule has 0 radical (unpaired) electrons. The minimum absolute atomic E-state index is 0.0665. The van der Waals surface area contributed by atoms with Crippen molar-refractivity contribution < 1.29 is 18.1 Å². The Kier molecular flexibility index (Phi) is 7.61. The smallest absolute Gasteiger partial charge is 0.248 e. The number of carbonyl (C=O) groups excluding carboxylic acids is 1. The van der Waals surface area contributed by atoms with Crippen LogP contribution in [0.4, 0.5) is 8.78 Å². The molecule has 1 aromatic heterocycles. The summed E-state index contributed by atoms with van der Waals surface area (Å²) in [5, 5.41) is 0. The van der Waals surface area contributed by atoms with E-state index in [-0.39, 0.29) is 18.6 Å². The maximum atomic E-state index is 13.4. The summed E-state index contributed by atoms with van der Waals surface area (Å²) < 4.78 is 29.1. The summed E-state index contributed by atoms with van der Waals surface area (Å²) >= 11 is 0. The minimum Gasteiger partial charge on any atom is -0.295 e. The fraction of sp³-hybridized carbons (Fsp3) is 0.586. The van der Waals surface area contributed by atoms with Crippen LogP contribution in [-0.2, 0) is 18.3 Å². The molecule has 3 aliphatic carbocycles. The van der Waals surface area contributed by atoms with Crippen molar-refractivity contribution in [2.24, 2.45) is 24.8 Å². The number of hydrogen-bond acceptors (Lipinski definition) is 1. The zero-order valence-electron chi connectivity index (χ0n) is 20.2. The first-order chi connectivity index (χ1) is 15.8. The normalized spacial score (nSPS) is 25.7. The van der Waals surface area contributed by atoms with Crippen LogP contribution >= 0.6 is 0 Å². The Morgan fingerprint density at radius 3 is 2.52 bits per heavy atom. The Morgan fingerprint density at radius 2 is 1.76 bits per heavy atom. The first kappa shape index (κ1) is 24.0. The summed E-state index contributed by atoms with van der Waals surface area (Å²) in [5.41, 5.74) is 4.92. The fourth-order valence-corrected chi connectivity index (χ4v) is 5.63. The molecule has 1 aromatic rings. The first-order valence-corrected chi connectivity index (χ1v) is 12.8. The van der Waals surface area contributed by atoms with Gasteiger partial charge in [-0.3, -0.25) is 4.79 Å². The Morgan fingerprint density at radius 1 is 1.00 bits per heavy atom. The van der Waals surface area contributed by atoms with Crippen LogP contribution in [-0.4, -0.2) is 11.7 Å². The first-order valence-electron chi connectivity index (χ1n) is 12.8. The van der Waals surface area contributed by atoms with Crippen LogP contribution in [0.25, 0.3) is 11.6 Å². The monoisotopic (exact) mass is 454 g/mol. The summed E-state index contributed by atoms with van der Waals surface area (Å²) in [5.74, 6) is -0.824. The highest BCUT2D eigenvalue weighted by Crippen LogP contribution is 2.39. The predicted molar refractivity (Wildman–Crippen MR) is 130 cm³/mol. The van der Waals surface area contributed by atoms with Crippen LogP contribution in [0.1, 0.15) is 88.0 Å². The van der Waals surface area contributed by atoms with Crippen molar-refractivity contribution in [3.05, 3.63) is 53.4 Å². The molecule has 1 fully saturated rings. The maximum absolute atomic E-state index is 13.4. The largest absolute Gasteiger partial charge is 0.295 e. The third-order valence-corrected chi connectivity index (χ3v) is 7.95. The quantitative estimate of drug-likeness (QED) is 0.438. The molecule has 4 rings (SSSR count). The average molecular weight is 455 g/mol. The van der Waals surface area contributed by atoms with Crippen LogP contribution in [0.15, 0.2) is 36.6 Å². The van der Waals surface area contributed by atoms with Gasteiger partial charge in [0.05, 0.1) is 0 Å². The zero-order valence-corrected chi connectivity index (χ0v) is 20.2. The van der Waals surface area contributed by atoms with Crippen LogP contribution in [0.2, 0.25) is 0 Å². The molecule has 0 saturated heterocycles. The molecule has 0 aromatic carbocycles. The highest BCUT2D eigenvalue weighted by Gasteiger charge is 2.34. The molecule has 2 nitrogen and oxygen atoms in total. The highest BCUT2D eigenvalue weighted by molar-refractivity contribution is 5.93. The van der Waals surface area contributed by atoms with Crippen LogP contribution in [0, 0.1) is 17.8 Å². The Hall–Kier alpha value is -2.10. The number of aryl methyl sites for hydroxylation is 2. The molecule has 0 amide bonds. The summed E-state index contributed by atoms with van der Waals surface area (Å²) in [4.78, 5) is 12.1. The van der Waals surface area contributed by atoms with Crippen LogP contribution in [0.3, 0.4) is 0 Å². The molecule has 178 valence electrons. The van der Waals surface area contributed by atoms with E-state index in [0.717, 1.165) is 44.1 Å². The summed E-state index contributed by atoms with van der Waals surface area (Å²) in [6.07, 6.45) is 21.2. The molecule has 33 heavy (non-hydrogen) atoms. The molecule has 0 aliphatic heterocycles. The van der Waals surface area contributed by atoms with E-state index in [2.05, 4.69) is 49.0 Å². The lowest BCUT2D eigenvalue weighted by Crippen LogP contribution is -2.33. The van der Waals surface area contributed by atoms with E-state index >= 15 is 0 Å². The lowest BCUT2D eigenvalue weighted by molar-refractivity contribution is -0.673. The molecule has 2 atom stereocenters. The Labute approximate surface area is 197 Å². The van der Waals surface area contributed by atoms with Gasteiger partial charge in [0.2, 0.25) is 11.6 Å². The van der Waals surface area contributed by atoms with Gasteiger partial charge >= 0.3 is 0 Å². The predicted octanol–water partition coefficient (Wildman–Crippen LogP) is 7.02. The molecule has 4 heteroatoms. The highest BCUT2D eigenvalue weighted by atomic mass is 19.3. The van der Waals surface area contributed by atoms with Gasteiger partial charge in [-0.2, -0.15) is 0 Å². The van der Waals surface area contributed by atoms with Gasteiger partial charge in [0.1, 0.15) is 7.05 Å². The van der Waals surface area contributed by atoms with Gasteiger partial charge in [-0.1, -0.05) is 25.2 Å². The van der Waals surface area contributed by atoms with E-state index in [1.54, 1.807) is 6.08 Å². The molecular weight excluding hydrogens is 416 g/mol. The number of halogens is 2. The zero-order chi connectivity index (χ0) is 23.4. The van der Waals surface area contributed by atoms with Gasteiger partial charge in [0.15, 0.2) is 12.0 Å². The van der Waals surface area contributed by atoms with Gasteiger partial charge in [-0.15, -0.1) is 0 Å². The van der Waals surface area contributed by atoms with Crippen molar-refractivity contribution in [1.29, 1.82) is 0 Å². The number of carbonyl (C=O) groups is 1. The van der Waals surface area contributed by atoms with Gasteiger partial charge < -0.3 is 0 Å². The van der Waals surface area contributed by atoms with Crippen LogP contribution in [0.5, 0.6) is 0 Å². The lowest BCUT2D eigenvalue weighted by Gasteiger charge is -2.28. The van der Waals surface area contributed by atoms with Crippen molar-refractivity contribution in [2.75, 3.05) is 0 Å². The number of aromatic nitrogens is 1. The molecule has 1 heterocycles. The van der Waals surface area contributed by atoms with E-state index in [0.29, 0.717) is 37.0 Å². The van der Waals surface area contributed by atoms with Crippen molar-refractivity contribution in [3.8, 4) is 0 Å². The second kappa shape index (κ2) is 10.4. The molecule has 0 bridgehead atoms. The number of nitrogens with zero attached hydrogens (tertiary/aromatic N) is 1. The van der Waals surface area contributed by atoms with Crippen LogP contribution < -0.4 is 4.57 Å². The van der Waals surface area contributed by atoms with E-state index in [1.165, 1.54) is 16.8 Å². The van der Waals surface area contributed by atoms with E-state index in [1.807, 2.05) is 6.08 Å². The van der Waals surface area contributed by atoms with Gasteiger partial charge in [0.25, 0.3) is 0 Å². The standard InChI is InChI=1S/C29H38F2NO/c1-3-21-7-11-27(33)12-10-24(18-21)26-19-25-9-6-22(8-13-28(25)32(2)20-26)4-5-23-14-16-29(30,31)17-15-23/h8,10,12-13,18-23H,3-7,9,11,14-17H2,1-2H3/q+1. The van der Waals surface area contributed by atoms with Crippen molar-refractivity contribution in [1.82, 2.24) is 0 Å². The Bertz CT molecular complexity index is 949. The molecule has 0 N–H and O–H groups in total. The third-order valence-electron chi connectivity index (χ3n) is 7.95. The van der Waals surface area contributed by atoms with E-state index in [4.69, 9.17) is 0 Å². The number of pyridine rings is 1. The molecule has 3 aliphatic rings. The SMILES string of the molecule is CCC1C=C(c2cc3c([n+](C)c2)C=CC(CCC2CCC(F)(F)CC2)CC3)C=CC(=O)CC1. The van der Waals surface area contributed by atoms with Gasteiger partial charge in [-0.05, 0) is 86.8 Å². The van der Waals surface area contributed by atoms with E-state index in [9.17, 15) is 13.6 Å². The second-order valence-electron chi connectivity index (χ2n) is 10.4. The molecular formula is C29H38F2NO+. The maximum Gasteiger partial charge on any atom is 0.248 e. The number of allylic oxidation sites excluding steroid dienone is 5. The second-order valence-corrected chi connectivity index (χ2v) is 10.4. The average Bonchev–Trinajstić information content (AvgIpc) is 2.99. The summed E-state index contributed by atoms with van der Waals surface area (Å²) in [6.45, 7) is 2.19. The third kappa shape index (κ3) is 6.28. The number of rotatable bonds is 5. The molecule has 0 spiro atoms. The fourth-order valence-electron chi connectivity index (χ4n) is 5.63. The molecule has 2 unspecified atom stereocenters. The number of ketones is 1. The van der Waals surface area contributed by atoms with Crippen molar-refractivity contribution in [2.45, 2.75) is 83.5 Å². The number of hydrogen-bond donors (Lipinski definition) is 0. The Balaban J connectivity index is 1.45. The summed E-state index contributed by atoms with van der Waals surface area (Å²) in [6, 6.07) is 2.31. The molecule has 1 saturated carbocycles. The summed E-state index contributed by atoms with van der Waals surface area (Å²) in [7, 11) is 2.10. The van der Waals surface area contributed by atoms with Crippen molar-refractivity contribution >= 4 is 17.4 Å². The number of fused-ring (bicyclic) bond motifs is 1. The minimum atomic E-state index is -2.43. The van der Waals surface area contributed by atoms with Gasteiger partial charge in [0, 0.05) is 36.5 Å². The van der Waals surface area contributed by atoms with Gasteiger partial charge in [-0.25, -0.2) is 13.3 Å².